The molecule has 0 unspecified atom stereocenters. The number of carbonyl (C=O) groups excluding carboxylic acids is 1. The van der Waals surface area contributed by atoms with Crippen LogP contribution in [0.25, 0.3) is 22.1 Å². The first-order chi connectivity index (χ1) is 13.1. The molecule has 0 saturated heterocycles. The summed E-state index contributed by atoms with van der Waals surface area (Å²) in [7, 11) is 0. The Kier molecular flexibility index (Phi) is 4.97. The molecule has 27 heavy (non-hydrogen) atoms. The van der Waals surface area contributed by atoms with Gasteiger partial charge < -0.3 is 9.84 Å². The van der Waals surface area contributed by atoms with Gasteiger partial charge in [-0.15, -0.1) is 0 Å². The van der Waals surface area contributed by atoms with Gasteiger partial charge in [0.25, 0.3) is 5.91 Å². The minimum atomic E-state index is -0.267. The van der Waals surface area contributed by atoms with Gasteiger partial charge in [0.15, 0.2) is 5.76 Å². The second-order valence-electron chi connectivity index (χ2n) is 6.05. The second-order valence-corrected chi connectivity index (χ2v) is 7.37. The van der Waals surface area contributed by atoms with E-state index in [1.807, 2.05) is 30.3 Å². The lowest BCUT2D eigenvalue weighted by atomic mass is 10.1. The van der Waals surface area contributed by atoms with Crippen molar-refractivity contribution in [1.29, 1.82) is 0 Å². The third-order valence-electron chi connectivity index (χ3n) is 4.20. The first-order valence-corrected chi connectivity index (χ1v) is 9.45. The number of nitrogens with zero attached hydrogens (tertiary/aromatic N) is 1. The Morgan fingerprint density at radius 1 is 1.04 bits per heavy atom. The fourth-order valence-electron chi connectivity index (χ4n) is 2.81. The molecule has 3 aromatic carbocycles. The lowest BCUT2D eigenvalue weighted by Crippen LogP contribution is -2.23. The van der Waals surface area contributed by atoms with Crippen LogP contribution in [0.1, 0.15) is 16.1 Å². The molecule has 6 heteroatoms. The number of hydrogen-bond acceptors (Lipinski definition) is 3. The van der Waals surface area contributed by atoms with Crippen LogP contribution in [0.2, 0.25) is 5.02 Å². The number of benzene rings is 3. The molecule has 4 aromatic rings. The molecule has 1 amide bonds. The van der Waals surface area contributed by atoms with E-state index in [0.717, 1.165) is 15.4 Å². The lowest BCUT2D eigenvalue weighted by Gasteiger charge is -2.05. The van der Waals surface area contributed by atoms with Gasteiger partial charge in [0.2, 0.25) is 0 Å². The fourth-order valence-corrected chi connectivity index (χ4v) is 3.38. The maximum absolute atomic E-state index is 12.3. The van der Waals surface area contributed by atoms with E-state index in [-0.39, 0.29) is 12.5 Å². The summed E-state index contributed by atoms with van der Waals surface area (Å²) in [5.74, 6) is 0.391. The minimum absolute atomic E-state index is 0.249. The van der Waals surface area contributed by atoms with E-state index in [4.69, 9.17) is 16.1 Å². The second kappa shape index (κ2) is 7.55. The van der Waals surface area contributed by atoms with E-state index in [1.165, 1.54) is 5.39 Å². The summed E-state index contributed by atoms with van der Waals surface area (Å²) in [6.07, 6.45) is 0. The Bertz CT molecular complexity index is 1140. The summed E-state index contributed by atoms with van der Waals surface area (Å²) in [6.45, 7) is 0.249. The van der Waals surface area contributed by atoms with Gasteiger partial charge in [-0.2, -0.15) is 0 Å². The molecule has 0 aliphatic carbocycles. The number of fused-ring (bicyclic) bond motifs is 1. The van der Waals surface area contributed by atoms with Gasteiger partial charge in [-0.1, -0.05) is 69.1 Å². The van der Waals surface area contributed by atoms with Gasteiger partial charge >= 0.3 is 0 Å². The number of amides is 1. The first kappa shape index (κ1) is 17.8. The van der Waals surface area contributed by atoms with Crippen molar-refractivity contribution in [2.45, 2.75) is 6.54 Å². The topological polar surface area (TPSA) is 55.1 Å². The summed E-state index contributed by atoms with van der Waals surface area (Å²) in [5.41, 5.74) is 1.98. The highest BCUT2D eigenvalue weighted by Gasteiger charge is 2.13. The van der Waals surface area contributed by atoms with Gasteiger partial charge in [0.1, 0.15) is 5.69 Å². The fraction of sp³-hybridized carbons (Fsp3) is 0.0476. The SMILES string of the molecule is O=C(NCc1cc(-c2ccc3ccccc3c2)on1)c1cc(Br)ccc1Cl. The lowest BCUT2D eigenvalue weighted by molar-refractivity contribution is 0.0950. The van der Waals surface area contributed by atoms with Gasteiger partial charge in [-0.05, 0) is 35.0 Å². The van der Waals surface area contributed by atoms with Crippen LogP contribution in [-0.2, 0) is 6.54 Å². The molecule has 0 bridgehead atoms. The van der Waals surface area contributed by atoms with Crippen molar-refractivity contribution >= 4 is 44.2 Å². The van der Waals surface area contributed by atoms with Crippen LogP contribution in [0.5, 0.6) is 0 Å². The average molecular weight is 442 g/mol. The quantitative estimate of drug-likeness (QED) is 0.433. The highest BCUT2D eigenvalue weighted by Crippen LogP contribution is 2.25. The highest BCUT2D eigenvalue weighted by atomic mass is 79.9. The number of aromatic nitrogens is 1. The van der Waals surface area contributed by atoms with Crippen molar-refractivity contribution < 1.29 is 9.32 Å². The Morgan fingerprint density at radius 3 is 2.70 bits per heavy atom. The van der Waals surface area contributed by atoms with E-state index < -0.39 is 0 Å². The van der Waals surface area contributed by atoms with Crippen molar-refractivity contribution in [2.75, 3.05) is 0 Å². The van der Waals surface area contributed by atoms with E-state index in [9.17, 15) is 4.79 Å². The van der Waals surface area contributed by atoms with Crippen LogP contribution in [0.3, 0.4) is 0 Å². The number of rotatable bonds is 4. The van der Waals surface area contributed by atoms with Crippen LogP contribution in [0.4, 0.5) is 0 Å². The summed E-state index contributed by atoms with van der Waals surface area (Å²) in [4.78, 5) is 12.3. The van der Waals surface area contributed by atoms with Crippen LogP contribution in [0, 0.1) is 0 Å². The maximum Gasteiger partial charge on any atom is 0.253 e. The van der Waals surface area contributed by atoms with E-state index >= 15 is 0 Å². The number of nitrogens with one attached hydrogen (secondary N) is 1. The molecular formula is C21H14BrClN2O2. The first-order valence-electron chi connectivity index (χ1n) is 8.28. The van der Waals surface area contributed by atoms with Gasteiger partial charge in [-0.3, -0.25) is 4.79 Å². The number of halogens is 2. The molecule has 134 valence electrons. The maximum atomic E-state index is 12.3. The van der Waals surface area contributed by atoms with Crippen molar-refractivity contribution in [3.05, 3.63) is 87.5 Å². The predicted molar refractivity (Wildman–Crippen MR) is 110 cm³/mol. The molecule has 0 saturated carbocycles. The average Bonchev–Trinajstić information content (AvgIpc) is 3.16. The zero-order valence-corrected chi connectivity index (χ0v) is 16.4. The van der Waals surface area contributed by atoms with Crippen LogP contribution in [0.15, 0.2) is 75.7 Å². The van der Waals surface area contributed by atoms with Crippen LogP contribution in [-0.4, -0.2) is 11.1 Å². The molecule has 4 nitrogen and oxygen atoms in total. The van der Waals surface area contributed by atoms with Gasteiger partial charge in [-0.25, -0.2) is 0 Å². The van der Waals surface area contributed by atoms with Crippen molar-refractivity contribution in [3.8, 4) is 11.3 Å². The van der Waals surface area contributed by atoms with Crippen molar-refractivity contribution in [2.24, 2.45) is 0 Å². The molecule has 1 heterocycles. The van der Waals surface area contributed by atoms with Crippen LogP contribution < -0.4 is 5.32 Å². The predicted octanol–water partition coefficient (Wildman–Crippen LogP) is 5.84. The molecular weight excluding hydrogens is 428 g/mol. The Labute approximate surface area is 169 Å². The Balaban J connectivity index is 1.49. The molecule has 4 rings (SSSR count). The van der Waals surface area contributed by atoms with E-state index in [1.54, 1.807) is 18.2 Å². The molecule has 0 aliphatic heterocycles. The van der Waals surface area contributed by atoms with Gasteiger partial charge in [0.05, 0.1) is 17.1 Å². The zero-order chi connectivity index (χ0) is 18.8. The molecule has 0 fully saturated rings. The largest absolute Gasteiger partial charge is 0.356 e. The van der Waals surface area contributed by atoms with Crippen molar-refractivity contribution in [3.63, 3.8) is 0 Å². The third-order valence-corrected chi connectivity index (χ3v) is 5.02. The van der Waals surface area contributed by atoms with E-state index in [0.29, 0.717) is 22.0 Å². The normalized spacial score (nSPS) is 10.9. The summed E-state index contributed by atoms with van der Waals surface area (Å²) >= 11 is 9.43. The molecule has 0 aliphatic rings. The molecule has 1 aromatic heterocycles. The van der Waals surface area contributed by atoms with Gasteiger partial charge in [0, 0.05) is 16.1 Å². The van der Waals surface area contributed by atoms with Crippen molar-refractivity contribution in [1.82, 2.24) is 10.5 Å². The van der Waals surface area contributed by atoms with E-state index in [2.05, 4.69) is 44.6 Å². The van der Waals surface area contributed by atoms with Crippen LogP contribution >= 0.6 is 27.5 Å². The number of hydrogen-bond donors (Lipinski definition) is 1. The highest BCUT2D eigenvalue weighted by molar-refractivity contribution is 9.10. The monoisotopic (exact) mass is 440 g/mol. The zero-order valence-electron chi connectivity index (χ0n) is 14.1. The standard InChI is InChI=1S/C21H14BrClN2O2/c22-16-7-8-19(23)18(10-16)21(26)24-12-17-11-20(27-25-17)15-6-5-13-3-1-2-4-14(13)9-15/h1-11H,12H2,(H,24,26). The summed E-state index contributed by atoms with van der Waals surface area (Å²) < 4.78 is 6.23. The Morgan fingerprint density at radius 2 is 1.85 bits per heavy atom. The molecule has 1 N–H and O–H groups in total. The minimum Gasteiger partial charge on any atom is -0.356 e. The Hall–Kier alpha value is -2.63. The number of carbonyl (C=O) groups is 1. The smallest absolute Gasteiger partial charge is 0.253 e. The summed E-state index contributed by atoms with van der Waals surface area (Å²) in [5, 5.41) is 9.55. The summed E-state index contributed by atoms with van der Waals surface area (Å²) in [6, 6.07) is 21.2. The molecule has 0 spiro atoms. The molecule has 0 radical (unpaired) electrons. The third kappa shape index (κ3) is 3.89. The molecule has 0 atom stereocenters.